The number of hydrogen-bond donors (Lipinski definition) is 2. The molecule has 0 radical (unpaired) electrons. The largest absolute Gasteiger partial charge is 0.508 e. The molecule has 0 aliphatic rings. The number of phenols is 1. The molecule has 0 atom stereocenters. The van der Waals surface area contributed by atoms with Crippen molar-refractivity contribution in [2.45, 2.75) is 26.2 Å². The SMILES string of the molecule is CC(C)c1nc2c(Cc3ccccc3)nc(-c3ccc(O)cc3)cn2c1O. The van der Waals surface area contributed by atoms with E-state index in [0.29, 0.717) is 17.8 Å². The van der Waals surface area contributed by atoms with E-state index in [9.17, 15) is 10.2 Å². The van der Waals surface area contributed by atoms with Gasteiger partial charge in [-0.2, -0.15) is 0 Å². The van der Waals surface area contributed by atoms with E-state index in [2.05, 4.69) is 17.1 Å². The lowest BCUT2D eigenvalue weighted by Gasteiger charge is -2.08. The molecule has 2 aromatic heterocycles. The third kappa shape index (κ3) is 3.24. The topological polar surface area (TPSA) is 70.7 Å². The molecule has 0 unspecified atom stereocenters. The monoisotopic (exact) mass is 359 g/mol. The van der Waals surface area contributed by atoms with Gasteiger partial charge in [-0.3, -0.25) is 4.40 Å². The zero-order chi connectivity index (χ0) is 19.0. The van der Waals surface area contributed by atoms with Crippen LogP contribution < -0.4 is 0 Å². The Bertz CT molecular complexity index is 1080. The summed E-state index contributed by atoms with van der Waals surface area (Å²) in [6.07, 6.45) is 2.41. The highest BCUT2D eigenvalue weighted by Crippen LogP contribution is 2.30. The zero-order valence-electron chi connectivity index (χ0n) is 15.3. The highest BCUT2D eigenvalue weighted by molar-refractivity contribution is 5.63. The minimum Gasteiger partial charge on any atom is -0.508 e. The van der Waals surface area contributed by atoms with Crippen LogP contribution in [0, 0.1) is 0 Å². The lowest BCUT2D eigenvalue weighted by Crippen LogP contribution is -2.00. The molecule has 0 saturated carbocycles. The molecule has 2 aromatic carbocycles. The molecule has 0 aliphatic heterocycles. The van der Waals surface area contributed by atoms with Gasteiger partial charge in [0.2, 0.25) is 5.88 Å². The number of hydrogen-bond acceptors (Lipinski definition) is 4. The van der Waals surface area contributed by atoms with Crippen LogP contribution >= 0.6 is 0 Å². The van der Waals surface area contributed by atoms with Crippen molar-refractivity contribution in [2.75, 3.05) is 0 Å². The second-order valence-corrected chi connectivity index (χ2v) is 6.95. The van der Waals surface area contributed by atoms with E-state index in [1.807, 2.05) is 44.2 Å². The quantitative estimate of drug-likeness (QED) is 0.562. The maximum Gasteiger partial charge on any atom is 0.219 e. The summed E-state index contributed by atoms with van der Waals surface area (Å²) < 4.78 is 1.71. The first-order valence-corrected chi connectivity index (χ1v) is 8.97. The predicted octanol–water partition coefficient (Wildman–Crippen LogP) is 4.52. The predicted molar refractivity (Wildman–Crippen MR) is 105 cm³/mol. The van der Waals surface area contributed by atoms with Gasteiger partial charge in [0.25, 0.3) is 0 Å². The summed E-state index contributed by atoms with van der Waals surface area (Å²) in [5, 5.41) is 20.3. The number of imidazole rings is 1. The van der Waals surface area contributed by atoms with Crippen molar-refractivity contribution in [3.8, 4) is 22.9 Å². The van der Waals surface area contributed by atoms with E-state index in [1.165, 1.54) is 0 Å². The van der Waals surface area contributed by atoms with Crippen LogP contribution in [0.15, 0.2) is 60.8 Å². The van der Waals surface area contributed by atoms with Crippen LogP contribution in [0.1, 0.15) is 36.7 Å². The molecule has 2 N–H and O–H groups in total. The van der Waals surface area contributed by atoms with Crippen LogP contribution in [0.2, 0.25) is 0 Å². The van der Waals surface area contributed by atoms with Crippen molar-refractivity contribution in [1.29, 1.82) is 0 Å². The number of rotatable bonds is 4. The molecule has 0 aliphatic carbocycles. The molecule has 0 amide bonds. The van der Waals surface area contributed by atoms with Gasteiger partial charge in [-0.15, -0.1) is 0 Å². The molecule has 0 fully saturated rings. The van der Waals surface area contributed by atoms with Gasteiger partial charge in [0.1, 0.15) is 11.4 Å². The van der Waals surface area contributed by atoms with E-state index in [1.54, 1.807) is 22.7 Å². The molecule has 136 valence electrons. The van der Waals surface area contributed by atoms with Gasteiger partial charge >= 0.3 is 0 Å². The fourth-order valence-corrected chi connectivity index (χ4v) is 3.18. The molecule has 27 heavy (non-hydrogen) atoms. The molecular formula is C22H21N3O2. The standard InChI is InChI=1S/C22H21N3O2/c1-14(2)20-22(27)25-13-19(16-8-10-17(26)11-9-16)23-18(21(25)24-20)12-15-6-4-3-5-7-15/h3-11,13-14,26-27H,12H2,1-2H3. The van der Waals surface area contributed by atoms with Crippen LogP contribution in [0.5, 0.6) is 11.6 Å². The summed E-state index contributed by atoms with van der Waals surface area (Å²) in [5.74, 6) is 0.459. The normalized spacial score (nSPS) is 11.4. The summed E-state index contributed by atoms with van der Waals surface area (Å²) in [6.45, 7) is 4.01. The average Bonchev–Trinajstić information content (AvgIpc) is 3.01. The molecular weight excluding hydrogens is 338 g/mol. The van der Waals surface area contributed by atoms with Crippen molar-refractivity contribution >= 4 is 5.65 Å². The first-order valence-electron chi connectivity index (χ1n) is 8.97. The molecule has 5 heteroatoms. The Morgan fingerprint density at radius 3 is 2.30 bits per heavy atom. The van der Waals surface area contributed by atoms with Crippen molar-refractivity contribution in [2.24, 2.45) is 0 Å². The van der Waals surface area contributed by atoms with Gasteiger partial charge in [-0.1, -0.05) is 44.2 Å². The molecule has 4 aromatic rings. The second kappa shape index (κ2) is 6.76. The van der Waals surface area contributed by atoms with E-state index >= 15 is 0 Å². The molecule has 5 nitrogen and oxygen atoms in total. The number of aromatic hydroxyl groups is 2. The molecule has 2 heterocycles. The summed E-state index contributed by atoms with van der Waals surface area (Å²) in [4.78, 5) is 9.50. The van der Waals surface area contributed by atoms with Gasteiger partial charge in [-0.25, -0.2) is 9.97 Å². The summed E-state index contributed by atoms with van der Waals surface area (Å²) in [5.41, 5.74) is 4.84. The lowest BCUT2D eigenvalue weighted by atomic mass is 10.1. The van der Waals surface area contributed by atoms with Gasteiger partial charge in [-0.05, 0) is 29.8 Å². The van der Waals surface area contributed by atoms with Gasteiger partial charge in [0, 0.05) is 24.1 Å². The van der Waals surface area contributed by atoms with Crippen LogP contribution in [0.4, 0.5) is 0 Å². The van der Waals surface area contributed by atoms with E-state index < -0.39 is 0 Å². The smallest absolute Gasteiger partial charge is 0.219 e. The first kappa shape index (κ1) is 17.1. The Balaban J connectivity index is 1.92. The number of fused-ring (bicyclic) bond motifs is 1. The molecule has 0 bridgehead atoms. The highest BCUT2D eigenvalue weighted by atomic mass is 16.3. The Labute approximate surface area is 157 Å². The Morgan fingerprint density at radius 2 is 1.63 bits per heavy atom. The van der Waals surface area contributed by atoms with Gasteiger partial charge in [0.15, 0.2) is 5.65 Å². The Hall–Kier alpha value is -3.34. The van der Waals surface area contributed by atoms with Crippen LogP contribution in [-0.2, 0) is 6.42 Å². The summed E-state index contributed by atoms with van der Waals surface area (Å²) in [6, 6.07) is 17.0. The average molecular weight is 359 g/mol. The lowest BCUT2D eigenvalue weighted by molar-refractivity contribution is 0.437. The zero-order valence-corrected chi connectivity index (χ0v) is 15.3. The van der Waals surface area contributed by atoms with E-state index in [0.717, 1.165) is 22.5 Å². The van der Waals surface area contributed by atoms with Gasteiger partial charge in [0.05, 0.1) is 11.4 Å². The molecule has 0 spiro atoms. The third-order valence-electron chi connectivity index (χ3n) is 4.60. The van der Waals surface area contributed by atoms with Crippen molar-refractivity contribution < 1.29 is 10.2 Å². The summed E-state index contributed by atoms with van der Waals surface area (Å²) in [7, 11) is 0. The fourth-order valence-electron chi connectivity index (χ4n) is 3.18. The summed E-state index contributed by atoms with van der Waals surface area (Å²) >= 11 is 0. The van der Waals surface area contributed by atoms with E-state index in [-0.39, 0.29) is 17.5 Å². The van der Waals surface area contributed by atoms with Crippen LogP contribution in [-0.4, -0.2) is 24.6 Å². The number of phenolic OH excluding ortho intramolecular Hbond substituents is 1. The third-order valence-corrected chi connectivity index (χ3v) is 4.60. The second-order valence-electron chi connectivity index (χ2n) is 6.95. The van der Waals surface area contributed by atoms with Gasteiger partial charge < -0.3 is 10.2 Å². The van der Waals surface area contributed by atoms with Crippen LogP contribution in [0.3, 0.4) is 0 Å². The Morgan fingerprint density at radius 1 is 0.926 bits per heavy atom. The maximum atomic E-state index is 10.7. The highest BCUT2D eigenvalue weighted by Gasteiger charge is 2.19. The van der Waals surface area contributed by atoms with Crippen molar-refractivity contribution in [1.82, 2.24) is 14.4 Å². The first-order chi connectivity index (χ1) is 13.0. The fraction of sp³-hybridized carbons (Fsp3) is 0.182. The minimum absolute atomic E-state index is 0.103. The molecule has 0 saturated heterocycles. The maximum absolute atomic E-state index is 10.7. The number of nitrogens with zero attached hydrogens (tertiary/aromatic N) is 3. The Kier molecular flexibility index (Phi) is 4.28. The molecule has 4 rings (SSSR count). The van der Waals surface area contributed by atoms with E-state index in [4.69, 9.17) is 4.98 Å². The number of benzene rings is 2. The minimum atomic E-state index is 0.103. The van der Waals surface area contributed by atoms with Crippen molar-refractivity contribution in [3.63, 3.8) is 0 Å². The van der Waals surface area contributed by atoms with Crippen molar-refractivity contribution in [3.05, 3.63) is 77.7 Å². The van der Waals surface area contributed by atoms with Crippen LogP contribution in [0.25, 0.3) is 16.9 Å². The number of aromatic nitrogens is 3.